The minimum Gasteiger partial charge on any atom is -0.394 e. The number of nitrogens with two attached hydrogens (primary N) is 1. The molecule has 1 aliphatic carbocycles. The Morgan fingerprint density at radius 2 is 2.12 bits per heavy atom. The van der Waals surface area contributed by atoms with E-state index in [9.17, 15) is 9.90 Å². The maximum absolute atomic E-state index is 12.5. The molecule has 1 aliphatic rings. The summed E-state index contributed by atoms with van der Waals surface area (Å²) in [5.74, 6) is 0.688. The molecule has 4 nitrogen and oxygen atoms in total. The molecular weight excluding hydrogens is 322 g/mol. The molecule has 0 radical (unpaired) electrons. The number of ketones is 1. The summed E-state index contributed by atoms with van der Waals surface area (Å²) < 4.78 is 5.84. The second-order valence-electron chi connectivity index (χ2n) is 7.42. The van der Waals surface area contributed by atoms with Gasteiger partial charge in [0, 0.05) is 10.4 Å². The molecule has 0 aromatic carbocycles. The lowest BCUT2D eigenvalue weighted by Gasteiger charge is -2.22. The van der Waals surface area contributed by atoms with Crippen molar-refractivity contribution in [3.63, 3.8) is 0 Å². The quantitative estimate of drug-likeness (QED) is 0.666. The van der Waals surface area contributed by atoms with Gasteiger partial charge >= 0.3 is 0 Å². The molecule has 5 heteroatoms. The van der Waals surface area contributed by atoms with Gasteiger partial charge in [-0.1, -0.05) is 19.3 Å². The number of aliphatic hydroxyl groups is 1. The number of hydrogen-bond acceptors (Lipinski definition) is 5. The van der Waals surface area contributed by atoms with Crippen LogP contribution >= 0.6 is 11.3 Å². The smallest absolute Gasteiger partial charge is 0.201 e. The van der Waals surface area contributed by atoms with Gasteiger partial charge in [0.15, 0.2) is 0 Å². The summed E-state index contributed by atoms with van der Waals surface area (Å²) in [7, 11) is 0. The molecule has 1 fully saturated rings. The van der Waals surface area contributed by atoms with Crippen molar-refractivity contribution >= 4 is 17.1 Å². The predicted molar refractivity (Wildman–Crippen MR) is 98.6 cm³/mol. The van der Waals surface area contributed by atoms with Crippen LogP contribution in [0, 0.1) is 5.92 Å². The number of aliphatic hydroxyl groups excluding tert-OH is 1. The topological polar surface area (TPSA) is 72.5 Å². The van der Waals surface area contributed by atoms with Gasteiger partial charge in [-0.25, -0.2) is 0 Å². The van der Waals surface area contributed by atoms with Crippen molar-refractivity contribution in [2.45, 2.75) is 70.4 Å². The number of rotatable bonds is 9. The van der Waals surface area contributed by atoms with Gasteiger partial charge < -0.3 is 15.6 Å². The zero-order valence-corrected chi connectivity index (χ0v) is 15.7. The number of thiophene rings is 1. The monoisotopic (exact) mass is 353 g/mol. The van der Waals surface area contributed by atoms with Gasteiger partial charge in [-0.3, -0.25) is 4.79 Å². The zero-order chi connectivity index (χ0) is 17.6. The Balaban J connectivity index is 1.81. The Labute approximate surface area is 149 Å². The maximum Gasteiger partial charge on any atom is 0.201 e. The summed E-state index contributed by atoms with van der Waals surface area (Å²) in [6.07, 6.45) is 7.47. The van der Waals surface area contributed by atoms with E-state index >= 15 is 0 Å². The molecule has 1 heterocycles. The lowest BCUT2D eigenvalue weighted by molar-refractivity contribution is 0.0289. The van der Waals surface area contributed by atoms with E-state index in [1.807, 2.05) is 26.0 Å². The van der Waals surface area contributed by atoms with Crippen LogP contribution in [0.1, 0.15) is 66.9 Å². The third-order valence-electron chi connectivity index (χ3n) is 4.88. The second kappa shape index (κ2) is 9.09. The maximum atomic E-state index is 12.5. The first-order valence-corrected chi connectivity index (χ1v) is 9.87. The lowest BCUT2D eigenvalue weighted by Crippen LogP contribution is -2.40. The molecule has 1 saturated carbocycles. The van der Waals surface area contributed by atoms with E-state index in [1.54, 1.807) is 0 Å². The Bertz CT molecular complexity index is 520. The van der Waals surface area contributed by atoms with Crippen molar-refractivity contribution in [2.75, 3.05) is 13.2 Å². The van der Waals surface area contributed by atoms with Gasteiger partial charge in [0.2, 0.25) is 5.78 Å². The van der Waals surface area contributed by atoms with Crippen LogP contribution in [-0.4, -0.2) is 35.7 Å². The Hall–Kier alpha value is -0.750. The molecule has 0 saturated heterocycles. The van der Waals surface area contributed by atoms with Crippen LogP contribution in [-0.2, 0) is 11.2 Å². The number of hydrogen-bond donors (Lipinski definition) is 2. The van der Waals surface area contributed by atoms with Gasteiger partial charge in [0.25, 0.3) is 0 Å². The van der Waals surface area contributed by atoms with Crippen LogP contribution in [0.5, 0.6) is 0 Å². The highest BCUT2D eigenvalue weighted by Crippen LogP contribution is 2.25. The number of carbonyl (C=O) groups is 1. The first kappa shape index (κ1) is 19.6. The molecule has 0 spiro atoms. The Morgan fingerprint density at radius 3 is 2.79 bits per heavy atom. The fourth-order valence-electron chi connectivity index (χ4n) is 3.04. The van der Waals surface area contributed by atoms with Gasteiger partial charge in [-0.2, -0.15) is 0 Å². The molecule has 0 amide bonds. The van der Waals surface area contributed by atoms with Crippen LogP contribution in [0.3, 0.4) is 0 Å². The highest BCUT2D eigenvalue weighted by atomic mass is 32.1. The molecule has 2 rings (SSSR count). The average molecular weight is 354 g/mol. The minimum atomic E-state index is -0.565. The van der Waals surface area contributed by atoms with Gasteiger partial charge in [-0.05, 0) is 57.6 Å². The summed E-state index contributed by atoms with van der Waals surface area (Å²) in [5.41, 5.74) is 5.39. The van der Waals surface area contributed by atoms with Crippen LogP contribution in [0.4, 0.5) is 0 Å². The Kier molecular flexibility index (Phi) is 7.41. The van der Waals surface area contributed by atoms with E-state index in [1.165, 1.54) is 43.4 Å². The van der Waals surface area contributed by atoms with Gasteiger partial charge in [0.05, 0.1) is 18.1 Å². The molecule has 3 N–H and O–H groups in total. The van der Waals surface area contributed by atoms with E-state index in [0.717, 1.165) is 16.2 Å². The molecule has 0 aliphatic heterocycles. The lowest BCUT2D eigenvalue weighted by atomic mass is 9.90. The van der Waals surface area contributed by atoms with Crippen LogP contribution < -0.4 is 5.73 Å². The molecule has 136 valence electrons. The SMILES string of the molecule is CC(OCC1CCCCC1)C(=O)c1ccc(CCC(C)(N)CO)s1. The zero-order valence-electron chi connectivity index (χ0n) is 14.9. The first-order valence-electron chi connectivity index (χ1n) is 9.05. The summed E-state index contributed by atoms with van der Waals surface area (Å²) in [6, 6.07) is 3.87. The fourth-order valence-corrected chi connectivity index (χ4v) is 4.07. The van der Waals surface area contributed by atoms with Crippen LogP contribution in [0.15, 0.2) is 12.1 Å². The third kappa shape index (κ3) is 5.96. The van der Waals surface area contributed by atoms with Crippen LogP contribution in [0.25, 0.3) is 0 Å². The molecule has 0 bridgehead atoms. The number of aryl methyl sites for hydroxylation is 1. The molecule has 2 atom stereocenters. The number of carbonyl (C=O) groups excluding carboxylic acids is 1. The van der Waals surface area contributed by atoms with Crippen molar-refractivity contribution in [1.82, 2.24) is 0 Å². The molecule has 24 heavy (non-hydrogen) atoms. The largest absolute Gasteiger partial charge is 0.394 e. The highest BCUT2D eigenvalue weighted by molar-refractivity contribution is 7.14. The standard InChI is InChI=1S/C19H31NO3S/c1-14(23-12-15-6-4-3-5-7-15)18(22)17-9-8-16(24-17)10-11-19(2,20)13-21/h8-9,14-15,21H,3-7,10-13,20H2,1-2H3. The van der Waals surface area contributed by atoms with Gasteiger partial charge in [0.1, 0.15) is 6.10 Å². The molecule has 2 unspecified atom stereocenters. The number of ether oxygens (including phenoxy) is 1. The van der Waals surface area contributed by atoms with E-state index in [0.29, 0.717) is 18.9 Å². The molecular formula is C19H31NO3S. The third-order valence-corrected chi connectivity index (χ3v) is 6.04. The van der Waals surface area contributed by atoms with Crippen molar-refractivity contribution in [3.05, 3.63) is 21.9 Å². The van der Waals surface area contributed by atoms with Crippen molar-refractivity contribution < 1.29 is 14.6 Å². The van der Waals surface area contributed by atoms with Crippen molar-refractivity contribution in [2.24, 2.45) is 11.7 Å². The molecule has 1 aromatic heterocycles. The van der Waals surface area contributed by atoms with E-state index < -0.39 is 5.54 Å². The summed E-state index contributed by atoms with van der Waals surface area (Å²) in [6.45, 7) is 4.37. The first-order chi connectivity index (χ1) is 11.4. The summed E-state index contributed by atoms with van der Waals surface area (Å²) >= 11 is 1.52. The van der Waals surface area contributed by atoms with E-state index in [-0.39, 0.29) is 18.5 Å². The van der Waals surface area contributed by atoms with E-state index in [4.69, 9.17) is 10.5 Å². The van der Waals surface area contributed by atoms with Crippen molar-refractivity contribution in [1.29, 1.82) is 0 Å². The number of Topliss-reactive ketones (excluding diaryl/α,β-unsaturated/α-hetero) is 1. The molecule has 1 aromatic rings. The predicted octanol–water partition coefficient (Wildman–Crippen LogP) is 3.56. The summed E-state index contributed by atoms with van der Waals surface area (Å²) in [4.78, 5) is 14.4. The minimum absolute atomic E-state index is 0.0315. The van der Waals surface area contributed by atoms with Crippen LogP contribution in [0.2, 0.25) is 0 Å². The van der Waals surface area contributed by atoms with E-state index in [2.05, 4.69) is 0 Å². The summed E-state index contributed by atoms with van der Waals surface area (Å²) in [5, 5.41) is 9.21. The second-order valence-corrected chi connectivity index (χ2v) is 8.59. The Morgan fingerprint density at radius 1 is 1.42 bits per heavy atom. The average Bonchev–Trinajstić information content (AvgIpc) is 3.07. The van der Waals surface area contributed by atoms with Crippen molar-refractivity contribution in [3.8, 4) is 0 Å². The van der Waals surface area contributed by atoms with Gasteiger partial charge in [-0.15, -0.1) is 11.3 Å². The normalized spacial score (nSPS) is 19.8. The highest BCUT2D eigenvalue weighted by Gasteiger charge is 2.22. The fraction of sp³-hybridized carbons (Fsp3) is 0.737.